The van der Waals surface area contributed by atoms with Gasteiger partial charge in [0.05, 0.1) is 29.6 Å². The van der Waals surface area contributed by atoms with Gasteiger partial charge in [-0.3, -0.25) is 14.6 Å². The first-order chi connectivity index (χ1) is 22.7. The van der Waals surface area contributed by atoms with Crippen molar-refractivity contribution in [2.75, 3.05) is 26.5 Å². The fraction of sp³-hybridized carbons (Fsp3) is 0.278. The molecule has 0 aliphatic heterocycles. The number of nitrogens with one attached hydrogen (secondary N) is 3. The molecule has 1 aliphatic rings. The van der Waals surface area contributed by atoms with Gasteiger partial charge in [-0.15, -0.1) is 0 Å². The van der Waals surface area contributed by atoms with Crippen molar-refractivity contribution in [2.24, 2.45) is 10.9 Å². The predicted octanol–water partition coefficient (Wildman–Crippen LogP) is 6.84. The van der Waals surface area contributed by atoms with Gasteiger partial charge in [-0.2, -0.15) is 0 Å². The predicted molar refractivity (Wildman–Crippen MR) is 179 cm³/mol. The summed E-state index contributed by atoms with van der Waals surface area (Å²) in [5, 5.41) is 8.40. The highest BCUT2D eigenvalue weighted by atomic mass is 19.3. The summed E-state index contributed by atoms with van der Waals surface area (Å²) in [5.74, 6) is -1.10. The lowest BCUT2D eigenvalue weighted by Gasteiger charge is -2.19. The molecule has 3 N–H and O–H groups in total. The minimum Gasteiger partial charge on any atom is -0.494 e. The first-order valence-corrected chi connectivity index (χ1v) is 15.1. The Balaban J connectivity index is 0.00000294. The van der Waals surface area contributed by atoms with E-state index in [0.717, 1.165) is 18.4 Å². The molecule has 47 heavy (non-hydrogen) atoms. The number of anilines is 1. The Hall–Kier alpha value is -5.32. The molecule has 2 amide bonds. The Morgan fingerprint density at radius 2 is 1.74 bits per heavy atom. The molecule has 4 rings (SSSR count). The third-order valence-corrected chi connectivity index (χ3v) is 7.07. The number of carbonyl (C=O) groups excluding carboxylic acids is 3. The summed E-state index contributed by atoms with van der Waals surface area (Å²) in [6.45, 7) is 7.83. The number of nitrogens with zero attached hydrogens (tertiary/aromatic N) is 1. The number of para-hydroxylation sites is 1. The number of amides is 2. The first kappa shape index (κ1) is 36.2. The van der Waals surface area contributed by atoms with Gasteiger partial charge in [0.2, 0.25) is 5.91 Å². The van der Waals surface area contributed by atoms with Crippen LogP contribution in [0.4, 0.5) is 14.5 Å². The van der Waals surface area contributed by atoms with Gasteiger partial charge in [-0.05, 0) is 42.2 Å². The third-order valence-electron chi connectivity index (χ3n) is 7.07. The van der Waals surface area contributed by atoms with Gasteiger partial charge in [-0.25, -0.2) is 13.6 Å². The van der Waals surface area contributed by atoms with Crippen LogP contribution >= 0.6 is 0 Å². The summed E-state index contributed by atoms with van der Waals surface area (Å²) in [5.41, 5.74) is 1.42. The van der Waals surface area contributed by atoms with Crippen molar-refractivity contribution in [3.8, 4) is 16.9 Å². The van der Waals surface area contributed by atoms with E-state index < -0.39 is 23.9 Å². The average molecular weight is 647 g/mol. The lowest BCUT2D eigenvalue weighted by atomic mass is 9.97. The molecule has 0 unspecified atom stereocenters. The molecule has 0 saturated heterocycles. The summed E-state index contributed by atoms with van der Waals surface area (Å²) >= 11 is 0. The molecule has 1 aliphatic carbocycles. The van der Waals surface area contributed by atoms with Crippen LogP contribution in [0, 0.1) is 5.92 Å². The number of ether oxygens (including phenoxy) is 2. The second-order valence-electron chi connectivity index (χ2n) is 10.2. The topological polar surface area (TPSA) is 118 Å². The average Bonchev–Trinajstić information content (AvgIpc) is 3.96. The van der Waals surface area contributed by atoms with Crippen molar-refractivity contribution in [1.82, 2.24) is 10.6 Å². The molecule has 3 aromatic carbocycles. The van der Waals surface area contributed by atoms with E-state index in [1.165, 1.54) is 45.5 Å². The number of methoxy groups -OCH3 is 1. The summed E-state index contributed by atoms with van der Waals surface area (Å²) in [6.07, 6.45) is 0.125. The first-order valence-electron chi connectivity index (χ1n) is 15.1. The monoisotopic (exact) mass is 646 g/mol. The summed E-state index contributed by atoms with van der Waals surface area (Å²) in [7, 11) is 4.37. The molecule has 9 nitrogen and oxygen atoms in total. The molecule has 0 radical (unpaired) electrons. The van der Waals surface area contributed by atoms with Gasteiger partial charge in [0, 0.05) is 37.2 Å². The van der Waals surface area contributed by atoms with Crippen LogP contribution in [-0.4, -0.2) is 44.8 Å². The van der Waals surface area contributed by atoms with E-state index in [0.29, 0.717) is 16.8 Å². The van der Waals surface area contributed by atoms with E-state index in [1.54, 1.807) is 42.5 Å². The van der Waals surface area contributed by atoms with E-state index in [4.69, 9.17) is 9.47 Å². The van der Waals surface area contributed by atoms with Gasteiger partial charge < -0.3 is 25.4 Å². The molecule has 0 atom stereocenters. The number of hydrogen-bond acceptors (Lipinski definition) is 7. The number of likely N-dealkylation sites (N-methyl/N-ethyl adjacent to an activating group) is 1. The van der Waals surface area contributed by atoms with Crippen LogP contribution in [0.5, 0.6) is 5.75 Å². The minimum atomic E-state index is -2.96. The van der Waals surface area contributed by atoms with Gasteiger partial charge >= 0.3 is 5.97 Å². The summed E-state index contributed by atoms with van der Waals surface area (Å²) in [6, 6.07) is 18.0. The Labute approximate surface area is 273 Å². The van der Waals surface area contributed by atoms with Gasteiger partial charge in [0.25, 0.3) is 12.3 Å². The molecule has 3 aromatic rings. The number of alkyl halides is 2. The van der Waals surface area contributed by atoms with Crippen molar-refractivity contribution >= 4 is 29.3 Å². The van der Waals surface area contributed by atoms with Crippen molar-refractivity contribution in [1.29, 1.82) is 0 Å². The zero-order chi connectivity index (χ0) is 34.5. The summed E-state index contributed by atoms with van der Waals surface area (Å²) in [4.78, 5) is 41.8. The minimum absolute atomic E-state index is 0.0464. The quantitative estimate of drug-likeness (QED) is 0.0653. The number of esters is 1. The molecule has 0 spiro atoms. The normalized spacial score (nSPS) is 12.8. The van der Waals surface area contributed by atoms with Crippen LogP contribution in [0.15, 0.2) is 95.6 Å². The third kappa shape index (κ3) is 9.59. The van der Waals surface area contributed by atoms with E-state index in [-0.39, 0.29) is 46.9 Å². The maximum absolute atomic E-state index is 14.2. The number of halogens is 2. The van der Waals surface area contributed by atoms with E-state index >= 15 is 0 Å². The van der Waals surface area contributed by atoms with Crippen molar-refractivity contribution in [3.05, 3.63) is 107 Å². The smallest absolute Gasteiger partial charge is 0.338 e. The molecule has 0 bridgehead atoms. The van der Waals surface area contributed by atoms with E-state index in [1.807, 2.05) is 19.9 Å². The number of rotatable bonds is 12. The number of amidine groups is 1. The Morgan fingerprint density at radius 1 is 1.04 bits per heavy atom. The van der Waals surface area contributed by atoms with Gasteiger partial charge in [-0.1, -0.05) is 69.0 Å². The van der Waals surface area contributed by atoms with Crippen LogP contribution in [-0.2, 0) is 20.9 Å². The highest BCUT2D eigenvalue weighted by molar-refractivity contribution is 6.08. The number of benzene rings is 3. The maximum Gasteiger partial charge on any atom is 0.338 e. The molecular formula is C36H40F2N4O5. The maximum atomic E-state index is 14.2. The number of aliphatic imine (C=N–C) groups is 1. The second-order valence-corrected chi connectivity index (χ2v) is 10.2. The number of hydrogen-bond donors (Lipinski definition) is 3. The zero-order valence-electron chi connectivity index (χ0n) is 27.2. The SMILES string of the molecule is C=C(C(=O)NC)/C(=C\C(=NC)NC(=O)C1CC1)Nc1cccc(-c2ccc(C(=O)OCc3ccccc3)c(C(F)F)c2)c1OC.CC. The Kier molecular flexibility index (Phi) is 13.4. The molecular weight excluding hydrogens is 606 g/mol. The van der Waals surface area contributed by atoms with Gasteiger partial charge in [0.1, 0.15) is 18.2 Å². The van der Waals surface area contributed by atoms with E-state index in [9.17, 15) is 23.2 Å². The lowest BCUT2D eigenvalue weighted by molar-refractivity contribution is -0.121. The Bertz CT molecular complexity index is 1650. The molecule has 0 aromatic heterocycles. The van der Waals surface area contributed by atoms with E-state index in [2.05, 4.69) is 27.5 Å². The van der Waals surface area contributed by atoms with Crippen LogP contribution < -0.4 is 20.7 Å². The molecule has 11 heteroatoms. The fourth-order valence-electron chi connectivity index (χ4n) is 4.46. The van der Waals surface area contributed by atoms with Crippen LogP contribution in [0.25, 0.3) is 11.1 Å². The molecule has 1 fully saturated rings. The summed E-state index contributed by atoms with van der Waals surface area (Å²) < 4.78 is 39.5. The number of carbonyl (C=O) groups is 3. The van der Waals surface area contributed by atoms with Crippen molar-refractivity contribution < 1.29 is 32.6 Å². The van der Waals surface area contributed by atoms with Crippen LogP contribution in [0.1, 0.15) is 54.6 Å². The zero-order valence-corrected chi connectivity index (χ0v) is 27.2. The highest BCUT2D eigenvalue weighted by Gasteiger charge is 2.30. The van der Waals surface area contributed by atoms with Crippen molar-refractivity contribution in [2.45, 2.75) is 39.7 Å². The highest BCUT2D eigenvalue weighted by Crippen LogP contribution is 2.39. The van der Waals surface area contributed by atoms with Crippen molar-refractivity contribution in [3.63, 3.8) is 0 Å². The molecule has 248 valence electrons. The largest absolute Gasteiger partial charge is 0.494 e. The lowest BCUT2D eigenvalue weighted by Crippen LogP contribution is -2.31. The fourth-order valence-corrected chi connectivity index (χ4v) is 4.46. The molecule has 0 heterocycles. The standard InChI is InChI=1S/C34H34F2N4O5.C2H6/c1-20(32(41)38-3)28(18-29(37-2)40-33(42)22-13-14-22)39-27-12-8-11-24(30(27)44-4)23-15-16-25(26(17-23)31(35)36)34(43)45-19-21-9-6-5-7-10-21;1-2/h5-12,15-18,22,31,39H,1,13-14,19H2,2-4H3,(H,38,41)(H,37,40,42);1-2H3/b28-18+;. The van der Waals surface area contributed by atoms with Gasteiger partial charge in [0.15, 0.2) is 0 Å². The second kappa shape index (κ2) is 17.4. The van der Waals surface area contributed by atoms with Crippen LogP contribution in [0.2, 0.25) is 0 Å². The molecule has 1 saturated carbocycles. The Morgan fingerprint density at radius 3 is 2.34 bits per heavy atom. The van der Waals surface area contributed by atoms with Crippen LogP contribution in [0.3, 0.4) is 0 Å².